The van der Waals surface area contributed by atoms with E-state index in [1.807, 2.05) is 0 Å². The van der Waals surface area contributed by atoms with Crippen LogP contribution in [-0.2, 0) is 0 Å². The number of ether oxygens (including phenoxy) is 1. The van der Waals surface area contributed by atoms with Crippen molar-refractivity contribution in [2.24, 2.45) is 0 Å². The Kier molecular flexibility index (Phi) is 4.81. The van der Waals surface area contributed by atoms with Crippen LogP contribution in [0.5, 0.6) is 5.75 Å². The Hall–Kier alpha value is -1.06. The van der Waals surface area contributed by atoms with Crippen LogP contribution >= 0.6 is 0 Å². The van der Waals surface area contributed by atoms with Gasteiger partial charge in [0.1, 0.15) is 12.4 Å². The van der Waals surface area contributed by atoms with Crippen molar-refractivity contribution in [3.63, 3.8) is 0 Å². The van der Waals surface area contributed by atoms with Gasteiger partial charge in [0.2, 0.25) is 0 Å². The zero-order chi connectivity index (χ0) is 14.5. The lowest BCUT2D eigenvalue weighted by atomic mass is 9.97. The molecular weight excluding hydrogens is 260 g/mol. The van der Waals surface area contributed by atoms with Gasteiger partial charge in [0, 0.05) is 18.6 Å². The summed E-state index contributed by atoms with van der Waals surface area (Å²) in [6, 6.07) is 8.34. The number of hydrogen-bond donors (Lipinski definition) is 1. The molecule has 1 heterocycles. The van der Waals surface area contributed by atoms with E-state index >= 15 is 0 Å². The molecule has 116 valence electrons. The number of benzene rings is 1. The fourth-order valence-electron chi connectivity index (χ4n) is 3.79. The van der Waals surface area contributed by atoms with E-state index in [2.05, 4.69) is 41.4 Å². The van der Waals surface area contributed by atoms with E-state index in [-0.39, 0.29) is 0 Å². The molecule has 1 aliphatic carbocycles. The second-order valence-corrected chi connectivity index (χ2v) is 6.71. The zero-order valence-corrected chi connectivity index (χ0v) is 13.2. The Labute approximate surface area is 128 Å². The molecule has 0 amide bonds. The Morgan fingerprint density at radius 2 is 2.10 bits per heavy atom. The largest absolute Gasteiger partial charge is 0.492 e. The molecule has 1 spiro atoms. The van der Waals surface area contributed by atoms with Gasteiger partial charge in [0.15, 0.2) is 0 Å². The minimum absolute atomic E-state index is 0.403. The number of hydrogen-bond acceptors (Lipinski definition) is 3. The number of nitrogens with one attached hydrogen (secondary N) is 1. The summed E-state index contributed by atoms with van der Waals surface area (Å²) >= 11 is 0. The monoisotopic (exact) mass is 288 g/mol. The van der Waals surface area contributed by atoms with Crippen LogP contribution in [0.2, 0.25) is 0 Å². The highest BCUT2D eigenvalue weighted by Crippen LogP contribution is 2.31. The smallest absolute Gasteiger partial charge is 0.119 e. The van der Waals surface area contributed by atoms with Gasteiger partial charge in [-0.1, -0.05) is 25.0 Å². The summed E-state index contributed by atoms with van der Waals surface area (Å²) in [5, 5.41) is 3.82. The third-order valence-corrected chi connectivity index (χ3v) is 4.90. The molecule has 3 rings (SSSR count). The molecule has 0 atom stereocenters. The molecule has 1 aromatic rings. The predicted molar refractivity (Wildman–Crippen MR) is 86.9 cm³/mol. The summed E-state index contributed by atoms with van der Waals surface area (Å²) in [6.45, 7) is 7.51. The summed E-state index contributed by atoms with van der Waals surface area (Å²) in [6.07, 6.45) is 6.73. The summed E-state index contributed by atoms with van der Waals surface area (Å²) in [7, 11) is 0. The molecule has 1 aromatic carbocycles. The molecule has 1 saturated carbocycles. The minimum Gasteiger partial charge on any atom is -0.492 e. The van der Waals surface area contributed by atoms with Crippen LogP contribution in [0.25, 0.3) is 0 Å². The average Bonchev–Trinajstić information content (AvgIpc) is 2.82. The first kappa shape index (κ1) is 14.9. The maximum atomic E-state index is 5.92. The molecular formula is C18H28N2O. The van der Waals surface area contributed by atoms with Crippen molar-refractivity contribution < 1.29 is 4.74 Å². The molecule has 0 aromatic heterocycles. The average molecular weight is 288 g/mol. The van der Waals surface area contributed by atoms with Gasteiger partial charge >= 0.3 is 0 Å². The Morgan fingerprint density at radius 3 is 2.90 bits per heavy atom. The molecule has 1 aliphatic heterocycles. The van der Waals surface area contributed by atoms with Gasteiger partial charge in [-0.15, -0.1) is 0 Å². The van der Waals surface area contributed by atoms with Gasteiger partial charge in [-0.3, -0.25) is 4.90 Å². The van der Waals surface area contributed by atoms with Crippen LogP contribution in [0.15, 0.2) is 24.3 Å². The van der Waals surface area contributed by atoms with Crippen molar-refractivity contribution in [1.29, 1.82) is 0 Å². The third kappa shape index (κ3) is 3.98. The van der Waals surface area contributed by atoms with E-state index in [1.54, 1.807) is 0 Å². The molecule has 1 saturated heterocycles. The summed E-state index contributed by atoms with van der Waals surface area (Å²) in [5.41, 5.74) is 1.66. The van der Waals surface area contributed by atoms with E-state index in [9.17, 15) is 0 Å². The fraction of sp³-hybridized carbons (Fsp3) is 0.667. The lowest BCUT2D eigenvalue weighted by molar-refractivity contribution is 0.175. The molecule has 3 nitrogen and oxygen atoms in total. The number of nitrogens with zero attached hydrogens (tertiary/aromatic N) is 1. The van der Waals surface area contributed by atoms with Crippen LogP contribution < -0.4 is 10.1 Å². The number of aryl methyl sites for hydroxylation is 1. The lowest BCUT2D eigenvalue weighted by Crippen LogP contribution is -2.49. The second-order valence-electron chi connectivity index (χ2n) is 6.71. The molecule has 2 fully saturated rings. The molecule has 0 bridgehead atoms. The molecule has 0 unspecified atom stereocenters. The van der Waals surface area contributed by atoms with Crippen molar-refractivity contribution in [1.82, 2.24) is 10.2 Å². The first-order chi connectivity index (χ1) is 10.3. The lowest BCUT2D eigenvalue weighted by Gasteiger charge is -2.33. The maximum Gasteiger partial charge on any atom is 0.119 e. The quantitative estimate of drug-likeness (QED) is 0.922. The summed E-state index contributed by atoms with van der Waals surface area (Å²) in [4.78, 5) is 2.60. The van der Waals surface area contributed by atoms with E-state index in [4.69, 9.17) is 4.74 Å². The van der Waals surface area contributed by atoms with Gasteiger partial charge in [0.25, 0.3) is 0 Å². The van der Waals surface area contributed by atoms with E-state index < -0.39 is 0 Å². The highest BCUT2D eigenvalue weighted by atomic mass is 16.5. The van der Waals surface area contributed by atoms with Crippen molar-refractivity contribution in [2.45, 2.75) is 44.6 Å². The summed E-state index contributed by atoms with van der Waals surface area (Å²) < 4.78 is 5.92. The number of rotatable bonds is 4. The van der Waals surface area contributed by atoms with Crippen molar-refractivity contribution in [2.75, 3.05) is 32.8 Å². The normalized spacial score (nSPS) is 22.3. The minimum atomic E-state index is 0.403. The zero-order valence-electron chi connectivity index (χ0n) is 13.2. The Morgan fingerprint density at radius 1 is 1.24 bits per heavy atom. The van der Waals surface area contributed by atoms with Gasteiger partial charge in [-0.2, -0.15) is 0 Å². The van der Waals surface area contributed by atoms with Gasteiger partial charge in [-0.25, -0.2) is 0 Å². The highest BCUT2D eigenvalue weighted by Gasteiger charge is 2.36. The van der Waals surface area contributed by atoms with Crippen LogP contribution in [0.4, 0.5) is 0 Å². The van der Waals surface area contributed by atoms with Crippen molar-refractivity contribution in [3.8, 4) is 5.75 Å². The SMILES string of the molecule is Cc1cccc(OCCN2CCCNC3(CCCC3)C2)c1. The maximum absolute atomic E-state index is 5.92. The van der Waals surface area contributed by atoms with Gasteiger partial charge < -0.3 is 10.1 Å². The van der Waals surface area contributed by atoms with Crippen LogP contribution in [0, 0.1) is 6.92 Å². The first-order valence-corrected chi connectivity index (χ1v) is 8.43. The molecule has 21 heavy (non-hydrogen) atoms. The summed E-state index contributed by atoms with van der Waals surface area (Å²) in [5.74, 6) is 0.999. The standard InChI is InChI=1S/C18H28N2O/c1-16-6-4-7-17(14-16)21-13-12-20-11-5-10-19-18(15-20)8-2-3-9-18/h4,6-7,14,19H,2-3,5,8-13,15H2,1H3. The highest BCUT2D eigenvalue weighted by molar-refractivity contribution is 5.27. The molecule has 1 N–H and O–H groups in total. The van der Waals surface area contributed by atoms with Crippen LogP contribution in [-0.4, -0.2) is 43.2 Å². The van der Waals surface area contributed by atoms with Crippen LogP contribution in [0.3, 0.4) is 0 Å². The Bertz CT molecular complexity index is 454. The van der Waals surface area contributed by atoms with Gasteiger partial charge in [0.05, 0.1) is 0 Å². The molecule has 2 aliphatic rings. The first-order valence-electron chi connectivity index (χ1n) is 8.43. The van der Waals surface area contributed by atoms with E-state index in [1.165, 1.54) is 57.3 Å². The van der Waals surface area contributed by atoms with Crippen LogP contribution in [0.1, 0.15) is 37.7 Å². The predicted octanol–water partition coefficient (Wildman–Crippen LogP) is 2.98. The fourth-order valence-corrected chi connectivity index (χ4v) is 3.79. The van der Waals surface area contributed by atoms with E-state index in [0.29, 0.717) is 5.54 Å². The van der Waals surface area contributed by atoms with Crippen molar-refractivity contribution in [3.05, 3.63) is 29.8 Å². The molecule has 0 radical (unpaired) electrons. The Balaban J connectivity index is 1.50. The van der Waals surface area contributed by atoms with Gasteiger partial charge in [-0.05, 0) is 57.0 Å². The van der Waals surface area contributed by atoms with Crippen molar-refractivity contribution >= 4 is 0 Å². The topological polar surface area (TPSA) is 24.5 Å². The second kappa shape index (κ2) is 6.80. The molecule has 3 heteroatoms. The van der Waals surface area contributed by atoms with E-state index in [0.717, 1.165) is 18.9 Å². The third-order valence-electron chi connectivity index (χ3n) is 4.90.